The van der Waals surface area contributed by atoms with Gasteiger partial charge >= 0.3 is 6.18 Å². The first-order valence-electron chi connectivity index (χ1n) is 8.76. The molecule has 2 rings (SSSR count). The van der Waals surface area contributed by atoms with Crippen LogP contribution in [0.2, 0.25) is 0 Å². The van der Waals surface area contributed by atoms with Crippen molar-refractivity contribution >= 4 is 21.8 Å². The summed E-state index contributed by atoms with van der Waals surface area (Å²) in [6.45, 7) is 1.84. The molecule has 0 bridgehead atoms. The molecule has 162 valence electrons. The minimum Gasteiger partial charge on any atom is -0.373 e. The Morgan fingerprint density at radius 2 is 1.66 bits per heavy atom. The smallest absolute Gasteiger partial charge is 0.373 e. The second-order valence-electron chi connectivity index (χ2n) is 6.68. The van der Waals surface area contributed by atoms with Gasteiger partial charge in [-0.3, -0.25) is 9.59 Å². The molecule has 1 aromatic carbocycles. The Morgan fingerprint density at radius 1 is 1.10 bits per heavy atom. The minimum atomic E-state index is -4.54. The molecular formula is C17H22F3N3O5S. The van der Waals surface area contributed by atoms with Crippen LogP contribution in [-0.4, -0.2) is 69.1 Å². The summed E-state index contributed by atoms with van der Waals surface area (Å²) < 4.78 is 68.4. The quantitative estimate of drug-likeness (QED) is 0.688. The summed E-state index contributed by atoms with van der Waals surface area (Å²) in [5, 5.41) is 3.80. The lowest BCUT2D eigenvalue weighted by Crippen LogP contribution is -2.48. The van der Waals surface area contributed by atoms with Gasteiger partial charge in [-0.1, -0.05) is 0 Å². The Kier molecular flexibility index (Phi) is 7.25. The zero-order valence-corrected chi connectivity index (χ0v) is 16.6. The summed E-state index contributed by atoms with van der Waals surface area (Å²) in [5.41, 5.74) is 0.0660. The van der Waals surface area contributed by atoms with E-state index in [-0.39, 0.29) is 35.8 Å². The van der Waals surface area contributed by atoms with Crippen LogP contribution in [0.4, 0.5) is 13.2 Å². The van der Waals surface area contributed by atoms with E-state index in [1.165, 1.54) is 28.6 Å². The Hall–Kier alpha value is -2.18. The summed E-state index contributed by atoms with van der Waals surface area (Å²) >= 11 is 0. The largest absolute Gasteiger partial charge is 0.405 e. The molecule has 0 aromatic heterocycles. The second-order valence-corrected chi connectivity index (χ2v) is 8.62. The molecule has 2 N–H and O–H groups in total. The normalized spacial score (nSPS) is 20.9. The van der Waals surface area contributed by atoms with Gasteiger partial charge < -0.3 is 15.4 Å². The van der Waals surface area contributed by atoms with Crippen LogP contribution in [-0.2, 0) is 19.6 Å². The van der Waals surface area contributed by atoms with Crippen molar-refractivity contribution in [1.82, 2.24) is 14.9 Å². The number of halogens is 3. The van der Waals surface area contributed by atoms with Gasteiger partial charge in [0.15, 0.2) is 0 Å². The van der Waals surface area contributed by atoms with Gasteiger partial charge in [-0.15, -0.1) is 0 Å². The predicted octanol–water partition coefficient (Wildman–Crippen LogP) is 0.893. The van der Waals surface area contributed by atoms with Crippen molar-refractivity contribution in [2.45, 2.75) is 37.1 Å². The van der Waals surface area contributed by atoms with E-state index in [0.29, 0.717) is 0 Å². The summed E-state index contributed by atoms with van der Waals surface area (Å²) in [6.07, 6.45) is -5.04. The van der Waals surface area contributed by atoms with Gasteiger partial charge in [-0.25, -0.2) is 8.42 Å². The fourth-order valence-electron chi connectivity index (χ4n) is 2.78. The standard InChI is InChI=1S/C17H22F3N3O5S/c1-11-8-23(9-12(2)28-11)29(26,27)14-5-3-13(4-6-14)16(25)21-7-15(24)22-10-17(18,19)20/h3-6,11-12H,7-10H2,1-2H3,(H,21,25)(H,22,24). The number of alkyl halides is 3. The molecule has 29 heavy (non-hydrogen) atoms. The number of amides is 2. The Labute approximate surface area is 166 Å². The van der Waals surface area contributed by atoms with Crippen molar-refractivity contribution in [2.75, 3.05) is 26.2 Å². The van der Waals surface area contributed by atoms with Gasteiger partial charge in [0.1, 0.15) is 6.54 Å². The summed E-state index contributed by atoms with van der Waals surface area (Å²) in [5.74, 6) is -1.71. The maximum Gasteiger partial charge on any atom is 0.405 e. The van der Waals surface area contributed by atoms with Gasteiger partial charge in [0, 0.05) is 18.7 Å². The highest BCUT2D eigenvalue weighted by Crippen LogP contribution is 2.21. The topological polar surface area (TPSA) is 105 Å². The first kappa shape index (κ1) is 23.1. The predicted molar refractivity (Wildman–Crippen MR) is 96.6 cm³/mol. The second kappa shape index (κ2) is 9.09. The Morgan fingerprint density at radius 3 is 2.17 bits per heavy atom. The molecule has 12 heteroatoms. The Bertz CT molecular complexity index is 833. The number of hydrogen-bond donors (Lipinski definition) is 2. The highest BCUT2D eigenvalue weighted by atomic mass is 32.2. The monoisotopic (exact) mass is 437 g/mol. The van der Waals surface area contributed by atoms with Crippen LogP contribution < -0.4 is 10.6 Å². The number of rotatable bonds is 6. The highest BCUT2D eigenvalue weighted by molar-refractivity contribution is 7.89. The van der Waals surface area contributed by atoms with E-state index in [4.69, 9.17) is 4.74 Å². The van der Waals surface area contributed by atoms with Crippen LogP contribution in [0.5, 0.6) is 0 Å². The minimum absolute atomic E-state index is 0.00160. The summed E-state index contributed by atoms with van der Waals surface area (Å²) in [4.78, 5) is 23.3. The fraction of sp³-hybridized carbons (Fsp3) is 0.529. The molecular weight excluding hydrogens is 415 g/mol. The van der Waals surface area contributed by atoms with E-state index in [2.05, 4.69) is 5.32 Å². The number of nitrogens with zero attached hydrogens (tertiary/aromatic N) is 1. The third-order valence-electron chi connectivity index (χ3n) is 4.04. The maximum atomic E-state index is 12.8. The molecule has 1 aliphatic rings. The molecule has 0 radical (unpaired) electrons. The molecule has 2 atom stereocenters. The first-order valence-corrected chi connectivity index (χ1v) is 10.2. The molecule has 1 heterocycles. The van der Waals surface area contributed by atoms with Gasteiger partial charge in [0.2, 0.25) is 15.9 Å². The van der Waals surface area contributed by atoms with Gasteiger partial charge in [0.05, 0.1) is 23.6 Å². The lowest BCUT2D eigenvalue weighted by atomic mass is 10.2. The van der Waals surface area contributed by atoms with Crippen LogP contribution in [0.1, 0.15) is 24.2 Å². The number of sulfonamides is 1. The molecule has 1 fully saturated rings. The fourth-order valence-corrected chi connectivity index (χ4v) is 4.37. The van der Waals surface area contributed by atoms with E-state index in [1.54, 1.807) is 19.2 Å². The molecule has 2 amide bonds. The Balaban J connectivity index is 1.97. The van der Waals surface area contributed by atoms with Crippen LogP contribution in [0.25, 0.3) is 0 Å². The molecule has 0 aliphatic carbocycles. The molecule has 8 nitrogen and oxygen atoms in total. The number of benzene rings is 1. The summed E-state index contributed by atoms with van der Waals surface area (Å²) in [6, 6.07) is 5.06. The molecule has 0 spiro atoms. The van der Waals surface area contributed by atoms with Crippen LogP contribution in [0.3, 0.4) is 0 Å². The molecule has 1 aliphatic heterocycles. The number of hydrogen-bond acceptors (Lipinski definition) is 5. The lowest BCUT2D eigenvalue weighted by molar-refractivity contribution is -0.137. The molecule has 0 saturated carbocycles. The number of nitrogens with one attached hydrogen (secondary N) is 2. The van der Waals surface area contributed by atoms with Crippen molar-refractivity contribution in [3.63, 3.8) is 0 Å². The lowest BCUT2D eigenvalue weighted by Gasteiger charge is -2.34. The van der Waals surface area contributed by atoms with Gasteiger partial charge in [0.25, 0.3) is 5.91 Å². The number of carbonyl (C=O) groups excluding carboxylic acids is 2. The average Bonchev–Trinajstić information content (AvgIpc) is 2.63. The summed E-state index contributed by atoms with van der Waals surface area (Å²) in [7, 11) is -3.77. The highest BCUT2D eigenvalue weighted by Gasteiger charge is 2.32. The van der Waals surface area contributed by atoms with Crippen LogP contribution >= 0.6 is 0 Å². The van der Waals surface area contributed by atoms with E-state index >= 15 is 0 Å². The third kappa shape index (κ3) is 6.68. The molecule has 2 unspecified atom stereocenters. The van der Waals surface area contributed by atoms with E-state index < -0.39 is 41.1 Å². The van der Waals surface area contributed by atoms with Crippen molar-refractivity contribution in [2.24, 2.45) is 0 Å². The zero-order chi connectivity index (χ0) is 21.8. The van der Waals surface area contributed by atoms with Crippen molar-refractivity contribution in [1.29, 1.82) is 0 Å². The van der Waals surface area contributed by atoms with Crippen molar-refractivity contribution < 1.29 is 35.9 Å². The zero-order valence-electron chi connectivity index (χ0n) is 15.8. The molecule has 1 aromatic rings. The van der Waals surface area contributed by atoms with Gasteiger partial charge in [-0.2, -0.15) is 17.5 Å². The van der Waals surface area contributed by atoms with Gasteiger partial charge in [-0.05, 0) is 38.1 Å². The number of carbonyl (C=O) groups is 2. The number of ether oxygens (including phenoxy) is 1. The maximum absolute atomic E-state index is 12.8. The SMILES string of the molecule is CC1CN(S(=O)(=O)c2ccc(C(=O)NCC(=O)NCC(F)(F)F)cc2)CC(C)O1. The van der Waals surface area contributed by atoms with E-state index in [0.717, 1.165) is 0 Å². The number of morpholine rings is 1. The van der Waals surface area contributed by atoms with E-state index in [9.17, 15) is 31.2 Å². The van der Waals surface area contributed by atoms with E-state index in [1.807, 2.05) is 0 Å². The average molecular weight is 437 g/mol. The molecule has 1 saturated heterocycles. The third-order valence-corrected chi connectivity index (χ3v) is 5.88. The van der Waals surface area contributed by atoms with Crippen LogP contribution in [0.15, 0.2) is 29.2 Å². The van der Waals surface area contributed by atoms with Crippen molar-refractivity contribution in [3.05, 3.63) is 29.8 Å². The van der Waals surface area contributed by atoms with Crippen LogP contribution in [0, 0.1) is 0 Å². The first-order chi connectivity index (χ1) is 13.4. The van der Waals surface area contributed by atoms with Crippen molar-refractivity contribution in [3.8, 4) is 0 Å².